The molecule has 0 aliphatic heterocycles. The Kier molecular flexibility index (Phi) is 5.89. The zero-order valence-corrected chi connectivity index (χ0v) is 13.8. The lowest BCUT2D eigenvalue weighted by Crippen LogP contribution is -2.24. The summed E-state index contributed by atoms with van der Waals surface area (Å²) in [4.78, 5) is 22.3. The lowest BCUT2D eigenvalue weighted by Gasteiger charge is -2.16. The van der Waals surface area contributed by atoms with Crippen molar-refractivity contribution in [1.82, 2.24) is 5.32 Å². The van der Waals surface area contributed by atoms with E-state index >= 15 is 0 Å². The fraction of sp³-hybridized carbons (Fsp3) is 0.235. The van der Waals surface area contributed by atoms with Crippen LogP contribution in [0, 0.1) is 15.9 Å². The quantitative estimate of drug-likeness (QED) is 0.593. The summed E-state index contributed by atoms with van der Waals surface area (Å²) in [7, 11) is 1.45. The van der Waals surface area contributed by atoms with E-state index in [2.05, 4.69) is 10.6 Å². The van der Waals surface area contributed by atoms with Gasteiger partial charge in [0, 0.05) is 18.7 Å². The summed E-state index contributed by atoms with van der Waals surface area (Å²) in [6, 6.07) is 9.53. The maximum Gasteiger partial charge on any atom is 0.293 e. The molecule has 132 valence electrons. The minimum atomic E-state index is -0.553. The number of hydrogen-bond acceptors (Lipinski definition) is 5. The van der Waals surface area contributed by atoms with Gasteiger partial charge in [0.05, 0.1) is 11.0 Å². The average Bonchev–Trinajstić information content (AvgIpc) is 2.60. The van der Waals surface area contributed by atoms with Gasteiger partial charge in [-0.25, -0.2) is 4.39 Å². The number of nitro groups is 1. The molecule has 7 nitrogen and oxygen atoms in total. The molecule has 0 spiro atoms. The first-order valence-electron chi connectivity index (χ1n) is 7.56. The fourth-order valence-corrected chi connectivity index (χ4v) is 2.15. The zero-order valence-electron chi connectivity index (χ0n) is 13.8. The van der Waals surface area contributed by atoms with Crippen LogP contribution in [0.15, 0.2) is 42.5 Å². The Balaban J connectivity index is 2.06. The summed E-state index contributed by atoms with van der Waals surface area (Å²) in [6.07, 6.45) is 0. The van der Waals surface area contributed by atoms with Gasteiger partial charge in [0.1, 0.15) is 23.9 Å². The summed E-state index contributed by atoms with van der Waals surface area (Å²) < 4.78 is 18.4. The lowest BCUT2D eigenvalue weighted by atomic mass is 10.1. The van der Waals surface area contributed by atoms with Crippen molar-refractivity contribution in [3.63, 3.8) is 0 Å². The van der Waals surface area contributed by atoms with Crippen molar-refractivity contribution in [3.05, 3.63) is 64.0 Å². The number of nitrogens with zero attached hydrogens (tertiary/aromatic N) is 1. The van der Waals surface area contributed by atoms with Crippen molar-refractivity contribution in [2.24, 2.45) is 0 Å². The summed E-state index contributed by atoms with van der Waals surface area (Å²) in [5, 5.41) is 16.7. The molecule has 25 heavy (non-hydrogen) atoms. The molecule has 8 heteroatoms. The van der Waals surface area contributed by atoms with Gasteiger partial charge in [-0.15, -0.1) is 0 Å². The number of nitro benzene ring substituents is 1. The number of amides is 1. The van der Waals surface area contributed by atoms with E-state index in [9.17, 15) is 19.3 Å². The van der Waals surface area contributed by atoms with Crippen molar-refractivity contribution < 1.29 is 18.8 Å². The molecular weight excluding hydrogens is 329 g/mol. The Labute approximate surface area is 144 Å². The molecule has 2 aromatic carbocycles. The molecule has 0 bridgehead atoms. The summed E-state index contributed by atoms with van der Waals surface area (Å²) in [5.74, 6) is -0.257. The first-order valence-corrected chi connectivity index (χ1v) is 7.56. The Morgan fingerprint density at radius 3 is 2.56 bits per heavy atom. The number of carbonyl (C=O) groups excluding carboxylic acids is 1. The van der Waals surface area contributed by atoms with Gasteiger partial charge in [0.2, 0.25) is 0 Å². The minimum absolute atomic E-state index is 0.199. The highest BCUT2D eigenvalue weighted by Gasteiger charge is 2.18. The highest BCUT2D eigenvalue weighted by atomic mass is 19.1. The van der Waals surface area contributed by atoms with Gasteiger partial charge in [-0.1, -0.05) is 0 Å². The van der Waals surface area contributed by atoms with Gasteiger partial charge in [0.25, 0.3) is 11.6 Å². The highest BCUT2D eigenvalue weighted by molar-refractivity contribution is 5.95. The van der Waals surface area contributed by atoms with Crippen LogP contribution in [0.4, 0.5) is 15.8 Å². The van der Waals surface area contributed by atoms with E-state index in [0.29, 0.717) is 5.75 Å². The standard InChI is InChI=1S/C17H18FN3O4/c1-11(10-25-14-6-4-13(18)5-7-14)20-15-8-3-12(17(22)19-2)9-16(15)21(23)24/h3-9,11,20H,10H2,1-2H3,(H,19,22). The van der Waals surface area contributed by atoms with Crippen LogP contribution in [0.3, 0.4) is 0 Å². The lowest BCUT2D eigenvalue weighted by molar-refractivity contribution is -0.384. The zero-order chi connectivity index (χ0) is 18.4. The van der Waals surface area contributed by atoms with Crippen molar-refractivity contribution in [2.75, 3.05) is 19.0 Å². The van der Waals surface area contributed by atoms with Crippen LogP contribution >= 0.6 is 0 Å². The number of anilines is 1. The molecule has 0 aliphatic carbocycles. The van der Waals surface area contributed by atoms with Crippen LogP contribution < -0.4 is 15.4 Å². The van der Waals surface area contributed by atoms with Crippen LogP contribution in [-0.2, 0) is 0 Å². The average molecular weight is 347 g/mol. The van der Waals surface area contributed by atoms with Crippen LogP contribution in [0.2, 0.25) is 0 Å². The number of carbonyl (C=O) groups is 1. The topological polar surface area (TPSA) is 93.5 Å². The smallest absolute Gasteiger partial charge is 0.293 e. The fourth-order valence-electron chi connectivity index (χ4n) is 2.15. The van der Waals surface area contributed by atoms with E-state index in [1.54, 1.807) is 6.92 Å². The third-order valence-corrected chi connectivity index (χ3v) is 3.40. The van der Waals surface area contributed by atoms with Gasteiger partial charge < -0.3 is 15.4 Å². The number of benzene rings is 2. The van der Waals surface area contributed by atoms with Gasteiger partial charge >= 0.3 is 0 Å². The predicted octanol–water partition coefficient (Wildman–Crippen LogP) is 2.97. The van der Waals surface area contributed by atoms with Crippen molar-refractivity contribution in [2.45, 2.75) is 13.0 Å². The van der Waals surface area contributed by atoms with Crippen molar-refractivity contribution in [1.29, 1.82) is 0 Å². The number of rotatable bonds is 7. The molecule has 0 aliphatic rings. The summed E-state index contributed by atoms with van der Waals surface area (Å²) in [6.45, 7) is 2.01. The van der Waals surface area contributed by atoms with E-state index < -0.39 is 10.8 Å². The molecule has 2 N–H and O–H groups in total. The van der Waals surface area contributed by atoms with E-state index in [-0.39, 0.29) is 35.4 Å². The van der Waals surface area contributed by atoms with Gasteiger partial charge in [0.15, 0.2) is 0 Å². The Hall–Kier alpha value is -3.16. The number of nitrogens with one attached hydrogen (secondary N) is 2. The molecule has 0 heterocycles. The second-order valence-electron chi connectivity index (χ2n) is 5.38. The Morgan fingerprint density at radius 2 is 1.96 bits per heavy atom. The summed E-state index contributed by atoms with van der Waals surface area (Å²) >= 11 is 0. The molecule has 1 atom stereocenters. The van der Waals surface area contributed by atoms with Crippen molar-refractivity contribution in [3.8, 4) is 5.75 Å². The van der Waals surface area contributed by atoms with Gasteiger partial charge in [-0.05, 0) is 43.3 Å². The SMILES string of the molecule is CNC(=O)c1ccc(NC(C)COc2ccc(F)cc2)c([N+](=O)[O-])c1. The molecule has 2 rings (SSSR count). The van der Waals surface area contributed by atoms with Crippen LogP contribution in [0.25, 0.3) is 0 Å². The highest BCUT2D eigenvalue weighted by Crippen LogP contribution is 2.26. The number of hydrogen-bond donors (Lipinski definition) is 2. The number of halogens is 1. The van der Waals surface area contributed by atoms with Crippen LogP contribution in [-0.4, -0.2) is 30.5 Å². The Bertz CT molecular complexity index is 765. The second-order valence-corrected chi connectivity index (χ2v) is 5.38. The van der Waals surface area contributed by atoms with Crippen LogP contribution in [0.5, 0.6) is 5.75 Å². The van der Waals surface area contributed by atoms with Crippen LogP contribution in [0.1, 0.15) is 17.3 Å². The molecule has 2 aromatic rings. The third-order valence-electron chi connectivity index (χ3n) is 3.40. The molecule has 0 fully saturated rings. The first-order chi connectivity index (χ1) is 11.9. The monoisotopic (exact) mass is 347 g/mol. The number of ether oxygens (including phenoxy) is 1. The molecule has 1 amide bonds. The summed E-state index contributed by atoms with van der Waals surface area (Å²) in [5.41, 5.74) is 0.289. The molecule has 0 radical (unpaired) electrons. The molecule has 0 saturated carbocycles. The normalized spacial score (nSPS) is 11.5. The first kappa shape index (κ1) is 18.2. The van der Waals surface area contributed by atoms with Crippen molar-refractivity contribution >= 4 is 17.3 Å². The molecule has 0 saturated heterocycles. The van der Waals surface area contributed by atoms with Gasteiger partial charge in [-0.3, -0.25) is 14.9 Å². The third kappa shape index (κ3) is 4.90. The van der Waals surface area contributed by atoms with Gasteiger partial charge in [-0.2, -0.15) is 0 Å². The second kappa shape index (κ2) is 8.09. The largest absolute Gasteiger partial charge is 0.491 e. The molecular formula is C17H18FN3O4. The van der Waals surface area contributed by atoms with E-state index in [0.717, 1.165) is 0 Å². The molecule has 1 unspecified atom stereocenters. The van der Waals surface area contributed by atoms with E-state index in [1.165, 1.54) is 49.5 Å². The Morgan fingerprint density at radius 1 is 1.28 bits per heavy atom. The maximum atomic E-state index is 12.8. The van der Waals surface area contributed by atoms with E-state index in [4.69, 9.17) is 4.74 Å². The van der Waals surface area contributed by atoms with E-state index in [1.807, 2.05) is 0 Å². The molecule has 0 aromatic heterocycles. The minimum Gasteiger partial charge on any atom is -0.491 e. The maximum absolute atomic E-state index is 12.8. The predicted molar refractivity (Wildman–Crippen MR) is 91.5 cm³/mol.